The van der Waals surface area contributed by atoms with Crippen molar-refractivity contribution in [3.8, 4) is 0 Å². The first-order chi connectivity index (χ1) is 11.0. The van der Waals surface area contributed by atoms with Crippen molar-refractivity contribution >= 4 is 23.8 Å². The third kappa shape index (κ3) is 9.13. The molecule has 2 amide bonds. The zero-order chi connectivity index (χ0) is 17.1. The van der Waals surface area contributed by atoms with Crippen LogP contribution in [0.25, 0.3) is 0 Å². The first kappa shape index (κ1) is 19.4. The standard InChI is InChI=1S/C17H26N2O3S/c1-4-22-17(21)19-14(10-13(2)3)11-18-16(20)12-23-15-8-6-5-7-9-15/h5-9,13-14H,4,10-12H2,1-3H3,(H,18,20)(H,19,21). The summed E-state index contributed by atoms with van der Waals surface area (Å²) in [5.41, 5.74) is 0. The molecule has 0 aliphatic rings. The first-order valence-electron chi connectivity index (χ1n) is 7.89. The fraction of sp³-hybridized carbons (Fsp3) is 0.529. The molecule has 23 heavy (non-hydrogen) atoms. The molecular weight excluding hydrogens is 312 g/mol. The van der Waals surface area contributed by atoms with Gasteiger partial charge >= 0.3 is 6.09 Å². The molecule has 1 aromatic rings. The zero-order valence-electron chi connectivity index (χ0n) is 14.0. The lowest BCUT2D eigenvalue weighted by Gasteiger charge is -2.20. The lowest BCUT2D eigenvalue weighted by molar-refractivity contribution is -0.118. The van der Waals surface area contributed by atoms with Crippen molar-refractivity contribution in [2.75, 3.05) is 18.9 Å². The van der Waals surface area contributed by atoms with Gasteiger partial charge in [0.15, 0.2) is 0 Å². The van der Waals surface area contributed by atoms with Gasteiger partial charge in [-0.05, 0) is 31.4 Å². The molecule has 0 bridgehead atoms. The predicted octanol–water partition coefficient (Wildman–Crippen LogP) is 3.06. The van der Waals surface area contributed by atoms with Crippen molar-refractivity contribution in [2.45, 2.75) is 38.1 Å². The number of benzene rings is 1. The molecule has 128 valence electrons. The monoisotopic (exact) mass is 338 g/mol. The Bertz CT molecular complexity index is 480. The molecule has 0 aromatic heterocycles. The van der Waals surface area contributed by atoms with Crippen molar-refractivity contribution in [3.05, 3.63) is 30.3 Å². The summed E-state index contributed by atoms with van der Waals surface area (Å²) in [5, 5.41) is 5.67. The number of amides is 2. The number of alkyl carbamates (subject to hydrolysis) is 1. The summed E-state index contributed by atoms with van der Waals surface area (Å²) in [6.07, 6.45) is 0.344. The Morgan fingerprint density at radius 1 is 1.22 bits per heavy atom. The van der Waals surface area contributed by atoms with E-state index in [2.05, 4.69) is 24.5 Å². The minimum absolute atomic E-state index is 0.0433. The number of nitrogens with one attached hydrogen (secondary N) is 2. The maximum atomic E-state index is 11.9. The SMILES string of the molecule is CCOC(=O)NC(CNC(=O)CSc1ccccc1)CC(C)C. The summed E-state index contributed by atoms with van der Waals surface area (Å²) in [4.78, 5) is 24.5. The zero-order valence-corrected chi connectivity index (χ0v) is 14.8. The first-order valence-corrected chi connectivity index (χ1v) is 8.87. The fourth-order valence-electron chi connectivity index (χ4n) is 2.06. The lowest BCUT2D eigenvalue weighted by Crippen LogP contribution is -2.45. The van der Waals surface area contributed by atoms with Crippen LogP contribution in [0.5, 0.6) is 0 Å². The summed E-state index contributed by atoms with van der Waals surface area (Å²) >= 11 is 1.49. The molecule has 5 nitrogen and oxygen atoms in total. The van der Waals surface area contributed by atoms with E-state index >= 15 is 0 Å². The molecule has 0 fully saturated rings. The molecule has 1 unspecified atom stereocenters. The van der Waals surface area contributed by atoms with E-state index in [-0.39, 0.29) is 11.9 Å². The minimum atomic E-state index is -0.439. The number of ether oxygens (including phenoxy) is 1. The molecule has 0 spiro atoms. The number of carbonyl (C=O) groups is 2. The maximum absolute atomic E-state index is 11.9. The summed E-state index contributed by atoms with van der Waals surface area (Å²) in [6, 6.07) is 9.66. The van der Waals surface area contributed by atoms with Gasteiger partial charge in [-0.3, -0.25) is 4.79 Å². The highest BCUT2D eigenvalue weighted by Crippen LogP contribution is 2.16. The quantitative estimate of drug-likeness (QED) is 0.679. The van der Waals surface area contributed by atoms with Gasteiger partial charge in [0.2, 0.25) is 5.91 Å². The van der Waals surface area contributed by atoms with Gasteiger partial charge in [-0.2, -0.15) is 0 Å². The predicted molar refractivity (Wildman–Crippen MR) is 93.6 cm³/mol. The van der Waals surface area contributed by atoms with Gasteiger partial charge in [0, 0.05) is 17.5 Å². The highest BCUT2D eigenvalue weighted by Gasteiger charge is 2.15. The average Bonchev–Trinajstić information content (AvgIpc) is 2.51. The van der Waals surface area contributed by atoms with Crippen molar-refractivity contribution in [2.24, 2.45) is 5.92 Å². The van der Waals surface area contributed by atoms with E-state index in [0.717, 1.165) is 11.3 Å². The molecule has 0 aliphatic carbocycles. The van der Waals surface area contributed by atoms with E-state index in [1.807, 2.05) is 30.3 Å². The summed E-state index contributed by atoms with van der Waals surface area (Å²) in [6.45, 7) is 6.66. The fourth-order valence-corrected chi connectivity index (χ4v) is 2.80. The van der Waals surface area contributed by atoms with Gasteiger partial charge in [0.1, 0.15) is 0 Å². The second-order valence-corrected chi connectivity index (χ2v) is 6.65. The number of rotatable bonds is 9. The van der Waals surface area contributed by atoms with E-state index < -0.39 is 6.09 Å². The van der Waals surface area contributed by atoms with E-state index in [1.165, 1.54) is 11.8 Å². The molecule has 1 rings (SSSR count). The second-order valence-electron chi connectivity index (χ2n) is 5.60. The minimum Gasteiger partial charge on any atom is -0.450 e. The van der Waals surface area contributed by atoms with Crippen molar-refractivity contribution < 1.29 is 14.3 Å². The van der Waals surface area contributed by atoms with Gasteiger partial charge in [0.25, 0.3) is 0 Å². The summed E-state index contributed by atoms with van der Waals surface area (Å²) in [5.74, 6) is 0.730. The number of thioether (sulfide) groups is 1. The Morgan fingerprint density at radius 2 is 1.91 bits per heavy atom. The van der Waals surface area contributed by atoms with Crippen LogP contribution in [0.4, 0.5) is 4.79 Å². The molecule has 0 radical (unpaired) electrons. The normalized spacial score (nSPS) is 11.8. The topological polar surface area (TPSA) is 67.4 Å². The van der Waals surface area contributed by atoms with Crippen LogP contribution < -0.4 is 10.6 Å². The largest absolute Gasteiger partial charge is 0.450 e. The van der Waals surface area contributed by atoms with Crippen LogP contribution in [-0.2, 0) is 9.53 Å². The van der Waals surface area contributed by atoms with Gasteiger partial charge in [-0.25, -0.2) is 4.79 Å². The van der Waals surface area contributed by atoms with E-state index in [1.54, 1.807) is 6.92 Å². The van der Waals surface area contributed by atoms with Crippen molar-refractivity contribution in [1.82, 2.24) is 10.6 Å². The Labute approximate surface area is 142 Å². The van der Waals surface area contributed by atoms with Gasteiger partial charge in [0.05, 0.1) is 12.4 Å². The molecular formula is C17H26N2O3S. The average molecular weight is 338 g/mol. The smallest absolute Gasteiger partial charge is 0.407 e. The summed E-state index contributed by atoms with van der Waals surface area (Å²) < 4.78 is 4.90. The van der Waals surface area contributed by atoms with Gasteiger partial charge in [-0.1, -0.05) is 32.0 Å². The van der Waals surface area contributed by atoms with Crippen LogP contribution in [0.1, 0.15) is 27.2 Å². The highest BCUT2D eigenvalue weighted by atomic mass is 32.2. The molecule has 0 aliphatic heterocycles. The van der Waals surface area contributed by atoms with Crippen LogP contribution >= 0.6 is 11.8 Å². The molecule has 0 saturated heterocycles. The number of hydrogen-bond acceptors (Lipinski definition) is 4. The Kier molecular flexibility index (Phi) is 9.21. The molecule has 6 heteroatoms. The third-order valence-electron chi connectivity index (χ3n) is 3.01. The van der Waals surface area contributed by atoms with E-state index in [4.69, 9.17) is 4.74 Å². The van der Waals surface area contributed by atoms with Crippen LogP contribution in [0.2, 0.25) is 0 Å². The van der Waals surface area contributed by atoms with Crippen molar-refractivity contribution in [1.29, 1.82) is 0 Å². The van der Waals surface area contributed by atoms with E-state index in [0.29, 0.717) is 24.8 Å². The van der Waals surface area contributed by atoms with Crippen LogP contribution in [0.3, 0.4) is 0 Å². The highest BCUT2D eigenvalue weighted by molar-refractivity contribution is 8.00. The molecule has 0 heterocycles. The van der Waals surface area contributed by atoms with Crippen LogP contribution in [0, 0.1) is 5.92 Å². The lowest BCUT2D eigenvalue weighted by atomic mass is 10.0. The molecule has 2 N–H and O–H groups in total. The Balaban J connectivity index is 2.37. The van der Waals surface area contributed by atoms with Crippen molar-refractivity contribution in [3.63, 3.8) is 0 Å². The van der Waals surface area contributed by atoms with Crippen LogP contribution in [0.15, 0.2) is 35.2 Å². The second kappa shape index (κ2) is 10.9. The third-order valence-corrected chi connectivity index (χ3v) is 4.02. The number of hydrogen-bond donors (Lipinski definition) is 2. The molecule has 1 aromatic carbocycles. The molecule has 1 atom stereocenters. The Hall–Kier alpha value is -1.69. The molecule has 0 saturated carbocycles. The van der Waals surface area contributed by atoms with Crippen LogP contribution in [-0.4, -0.2) is 36.9 Å². The van der Waals surface area contributed by atoms with Gasteiger partial charge in [-0.15, -0.1) is 11.8 Å². The van der Waals surface area contributed by atoms with Gasteiger partial charge < -0.3 is 15.4 Å². The number of carbonyl (C=O) groups excluding carboxylic acids is 2. The summed E-state index contributed by atoms with van der Waals surface area (Å²) in [7, 11) is 0. The maximum Gasteiger partial charge on any atom is 0.407 e. The Morgan fingerprint density at radius 3 is 2.52 bits per heavy atom. The van der Waals surface area contributed by atoms with E-state index in [9.17, 15) is 9.59 Å².